The molecule has 8 nitrogen and oxygen atoms in total. The molecule has 2 amide bonds. The maximum atomic E-state index is 12.0. The molecule has 0 aromatic carbocycles. The van der Waals surface area contributed by atoms with Crippen molar-refractivity contribution in [3.8, 4) is 0 Å². The highest BCUT2D eigenvalue weighted by atomic mass is 35.5. The molecule has 0 bridgehead atoms. The molecule has 11 heteroatoms. The summed E-state index contributed by atoms with van der Waals surface area (Å²) in [5, 5.41) is 4.61. The van der Waals surface area contributed by atoms with E-state index in [4.69, 9.17) is 45.3 Å². The number of anilines is 1. The van der Waals surface area contributed by atoms with E-state index in [0.29, 0.717) is 6.54 Å². The van der Waals surface area contributed by atoms with E-state index >= 15 is 0 Å². The number of aromatic nitrogens is 1. The number of ether oxygens (including phenoxy) is 1. The van der Waals surface area contributed by atoms with Gasteiger partial charge in [0.2, 0.25) is 5.91 Å². The van der Waals surface area contributed by atoms with Crippen LogP contribution in [0.3, 0.4) is 0 Å². The number of pyridine rings is 1. The first-order chi connectivity index (χ1) is 11.2. The number of hydrogen-bond acceptors (Lipinski definition) is 5. The number of hydrogen-bond donors (Lipinski definition) is 3. The van der Waals surface area contributed by atoms with E-state index < -0.39 is 24.5 Å². The summed E-state index contributed by atoms with van der Waals surface area (Å²) in [6.07, 6.45) is 0. The second-order valence-corrected chi connectivity index (χ2v) is 5.75. The molecule has 1 heterocycles. The molecule has 24 heavy (non-hydrogen) atoms. The van der Waals surface area contributed by atoms with Gasteiger partial charge in [-0.25, -0.2) is 4.79 Å². The fourth-order valence-electron chi connectivity index (χ4n) is 1.59. The van der Waals surface area contributed by atoms with E-state index in [1.165, 1.54) is 6.92 Å². The number of aromatic amines is 1. The van der Waals surface area contributed by atoms with E-state index in [-0.39, 0.29) is 32.5 Å². The molecule has 132 valence electrons. The number of halogens is 3. The van der Waals surface area contributed by atoms with Crippen LogP contribution in [0.25, 0.3) is 0 Å². The Hall–Kier alpha value is -1.77. The van der Waals surface area contributed by atoms with E-state index in [9.17, 15) is 14.4 Å². The fraction of sp³-hybridized carbons (Fsp3) is 0.385. The molecule has 0 radical (unpaired) electrons. The summed E-state index contributed by atoms with van der Waals surface area (Å²) in [6.45, 7) is 3.06. The Labute approximate surface area is 153 Å². The molecule has 1 aromatic heterocycles. The number of likely N-dealkylation sites (N-methyl/N-ethyl adjacent to an activating group) is 1. The van der Waals surface area contributed by atoms with Crippen LogP contribution in [0.2, 0.25) is 15.2 Å². The van der Waals surface area contributed by atoms with Gasteiger partial charge in [-0.15, -0.1) is 0 Å². The topological polar surface area (TPSA) is 125 Å². The van der Waals surface area contributed by atoms with Crippen LogP contribution in [-0.2, 0) is 14.3 Å². The number of esters is 1. The van der Waals surface area contributed by atoms with Gasteiger partial charge in [-0.2, -0.15) is 4.98 Å². The van der Waals surface area contributed by atoms with Gasteiger partial charge >= 0.3 is 11.7 Å². The largest absolute Gasteiger partial charge is 0.448 e. The third-order valence-electron chi connectivity index (χ3n) is 2.78. The molecule has 0 aliphatic heterocycles. The summed E-state index contributed by atoms with van der Waals surface area (Å²) in [6, 6.07) is -0.771. The first-order valence-corrected chi connectivity index (χ1v) is 7.91. The van der Waals surface area contributed by atoms with E-state index in [1.807, 2.05) is 0 Å². The third kappa shape index (κ3) is 5.12. The van der Waals surface area contributed by atoms with Crippen molar-refractivity contribution in [3.05, 3.63) is 20.9 Å². The van der Waals surface area contributed by atoms with Gasteiger partial charge in [0.1, 0.15) is 16.1 Å². The first kappa shape index (κ1) is 20.3. The zero-order chi connectivity index (χ0) is 18.4. The number of amides is 2. The van der Waals surface area contributed by atoms with Gasteiger partial charge in [0, 0.05) is 6.54 Å². The predicted octanol–water partition coefficient (Wildman–Crippen LogP) is 0.841. The molecule has 0 fully saturated rings. The second-order valence-electron chi connectivity index (χ2n) is 4.62. The van der Waals surface area contributed by atoms with Crippen molar-refractivity contribution < 1.29 is 24.1 Å². The Morgan fingerprint density at radius 2 is 1.88 bits per heavy atom. The molecule has 1 atom stereocenters. The van der Waals surface area contributed by atoms with Crippen LogP contribution in [0.5, 0.6) is 0 Å². The Bertz CT molecular complexity index is 669. The molecule has 1 rings (SSSR count). The maximum absolute atomic E-state index is 12.0. The monoisotopic (exact) mass is 397 g/mol. The fourth-order valence-corrected chi connectivity index (χ4v) is 2.19. The van der Waals surface area contributed by atoms with Crippen LogP contribution in [0.15, 0.2) is 0 Å². The summed E-state index contributed by atoms with van der Waals surface area (Å²) >= 11 is 17.4. The minimum absolute atomic E-state index is 0.0354. The van der Waals surface area contributed by atoms with Crippen LogP contribution >= 0.6 is 34.8 Å². The van der Waals surface area contributed by atoms with Crippen molar-refractivity contribution in [2.45, 2.75) is 19.9 Å². The summed E-state index contributed by atoms with van der Waals surface area (Å²) in [5.74, 6) is -1.97. The lowest BCUT2D eigenvalue weighted by Gasteiger charge is -2.13. The summed E-state index contributed by atoms with van der Waals surface area (Å²) in [5.41, 5.74) is 5.27. The van der Waals surface area contributed by atoms with Crippen molar-refractivity contribution in [1.29, 1.82) is 0 Å². The Morgan fingerprint density at radius 3 is 2.46 bits per heavy atom. The third-order valence-corrected chi connectivity index (χ3v) is 3.95. The lowest BCUT2D eigenvalue weighted by molar-refractivity contribution is -0.380. The zero-order valence-corrected chi connectivity index (χ0v) is 15.1. The number of nitrogens with two attached hydrogens (primary N) is 1. The number of nitrogens with one attached hydrogen (secondary N) is 3. The average Bonchev–Trinajstić information content (AvgIpc) is 2.54. The molecule has 0 aliphatic rings. The number of nitrogen functional groups attached to an aromatic ring is 1. The molecular formula is C13H16Cl3N4O4+. The molecule has 0 aliphatic carbocycles. The van der Waals surface area contributed by atoms with Crippen LogP contribution in [-0.4, -0.2) is 37.0 Å². The highest BCUT2D eigenvalue weighted by molar-refractivity contribution is 6.45. The number of carbonyl (C=O) groups is 3. The summed E-state index contributed by atoms with van der Waals surface area (Å²) in [4.78, 5) is 37.6. The quantitative estimate of drug-likeness (QED) is 0.484. The standard InChI is InChI=1S/C13H15Cl3N4O4/c1-3-18-12(22)5(2)19-6(21)4-24-13(23)10-7(14)9(17)8(15)11(16)20-10/h5H,3-4H2,1-2H3,(H2,17,20)(H,18,22)(H,19,21)/p+1/t5-/m0/s1. The van der Waals surface area contributed by atoms with Crippen molar-refractivity contribution in [1.82, 2.24) is 10.6 Å². The van der Waals surface area contributed by atoms with Gasteiger partial charge in [-0.05, 0) is 25.4 Å². The van der Waals surface area contributed by atoms with Crippen LogP contribution < -0.4 is 21.4 Å². The SMILES string of the molecule is CCNC(=O)[C@H](C)NC(=O)COC(=O)c1[nH+]c(Cl)c(Cl)c(N)c1Cl. The molecule has 0 unspecified atom stereocenters. The average molecular weight is 399 g/mol. The minimum atomic E-state index is -0.953. The van der Waals surface area contributed by atoms with Crippen molar-refractivity contribution >= 4 is 58.3 Å². The van der Waals surface area contributed by atoms with E-state index in [2.05, 4.69) is 15.6 Å². The summed E-state index contributed by atoms with van der Waals surface area (Å²) in [7, 11) is 0. The van der Waals surface area contributed by atoms with Crippen LogP contribution in [0.1, 0.15) is 24.3 Å². The lowest BCUT2D eigenvalue weighted by atomic mass is 10.3. The van der Waals surface area contributed by atoms with Crippen LogP contribution in [0, 0.1) is 0 Å². The van der Waals surface area contributed by atoms with E-state index in [0.717, 1.165) is 0 Å². The van der Waals surface area contributed by atoms with Crippen molar-refractivity contribution in [2.24, 2.45) is 0 Å². The number of H-pyrrole nitrogens is 1. The Kier molecular flexibility index (Phi) is 7.53. The molecule has 0 saturated carbocycles. The van der Waals surface area contributed by atoms with Gasteiger partial charge in [0.05, 0.1) is 5.69 Å². The van der Waals surface area contributed by atoms with Gasteiger partial charge in [-0.3, -0.25) is 9.59 Å². The number of carbonyl (C=O) groups excluding carboxylic acids is 3. The number of rotatable bonds is 6. The van der Waals surface area contributed by atoms with Gasteiger partial charge in [0.25, 0.3) is 11.1 Å². The normalized spacial score (nSPS) is 11.5. The van der Waals surface area contributed by atoms with E-state index in [1.54, 1.807) is 6.92 Å². The first-order valence-electron chi connectivity index (χ1n) is 6.78. The van der Waals surface area contributed by atoms with Crippen molar-refractivity contribution in [2.75, 3.05) is 18.9 Å². The summed E-state index contributed by atoms with van der Waals surface area (Å²) < 4.78 is 4.81. The second kappa shape index (κ2) is 8.91. The lowest BCUT2D eigenvalue weighted by Crippen LogP contribution is -2.46. The van der Waals surface area contributed by atoms with Gasteiger partial charge in [0.15, 0.2) is 6.61 Å². The molecule has 0 spiro atoms. The predicted molar refractivity (Wildman–Crippen MR) is 89.0 cm³/mol. The molecular weight excluding hydrogens is 383 g/mol. The maximum Gasteiger partial charge on any atom is 0.405 e. The Balaban J connectivity index is 2.67. The van der Waals surface area contributed by atoms with Crippen molar-refractivity contribution in [3.63, 3.8) is 0 Å². The van der Waals surface area contributed by atoms with Crippen LogP contribution in [0.4, 0.5) is 5.69 Å². The highest BCUT2D eigenvalue weighted by Crippen LogP contribution is 2.32. The minimum Gasteiger partial charge on any atom is -0.448 e. The Morgan fingerprint density at radius 1 is 1.25 bits per heavy atom. The molecule has 5 N–H and O–H groups in total. The molecule has 0 saturated heterocycles. The molecule has 1 aromatic rings. The van der Waals surface area contributed by atoms with Gasteiger partial charge in [-0.1, -0.05) is 23.2 Å². The highest BCUT2D eigenvalue weighted by Gasteiger charge is 2.28. The van der Waals surface area contributed by atoms with Gasteiger partial charge < -0.3 is 21.1 Å². The smallest absolute Gasteiger partial charge is 0.405 e. The zero-order valence-electron chi connectivity index (χ0n) is 12.8.